The first-order valence-corrected chi connectivity index (χ1v) is 7.61. The van der Waals surface area contributed by atoms with E-state index in [0.29, 0.717) is 5.69 Å². The Morgan fingerprint density at radius 2 is 1.91 bits per heavy atom. The first-order chi connectivity index (χ1) is 10.6. The number of aryl methyl sites for hydroxylation is 1. The Labute approximate surface area is 136 Å². The van der Waals surface area contributed by atoms with Crippen LogP contribution in [0.3, 0.4) is 0 Å². The molecule has 0 bridgehead atoms. The summed E-state index contributed by atoms with van der Waals surface area (Å²) in [6.45, 7) is 1.95. The summed E-state index contributed by atoms with van der Waals surface area (Å²) in [7, 11) is 0. The predicted molar refractivity (Wildman–Crippen MR) is 90.9 cm³/mol. The summed E-state index contributed by atoms with van der Waals surface area (Å²) in [6.07, 6.45) is 0. The van der Waals surface area contributed by atoms with E-state index in [1.165, 1.54) is 0 Å². The number of halogens is 1. The molecule has 0 radical (unpaired) electrons. The van der Waals surface area contributed by atoms with Crippen molar-refractivity contribution in [1.82, 2.24) is 10.2 Å². The van der Waals surface area contributed by atoms with E-state index in [1.54, 1.807) is 6.07 Å². The molecule has 1 amide bonds. The lowest BCUT2D eigenvalue weighted by atomic mass is 10.1. The highest BCUT2D eigenvalue weighted by atomic mass is 79.9. The van der Waals surface area contributed by atoms with Crippen LogP contribution in [-0.2, 0) is 0 Å². The van der Waals surface area contributed by atoms with Crippen molar-refractivity contribution in [2.45, 2.75) is 6.92 Å². The molecule has 2 N–H and O–H groups in total. The molecule has 0 aliphatic carbocycles. The van der Waals surface area contributed by atoms with Crippen molar-refractivity contribution in [3.05, 3.63) is 70.3 Å². The van der Waals surface area contributed by atoms with Crippen molar-refractivity contribution in [2.24, 2.45) is 0 Å². The number of amides is 1. The van der Waals surface area contributed by atoms with Gasteiger partial charge < -0.3 is 5.32 Å². The number of aromatic nitrogens is 2. The molecule has 3 aromatic rings. The highest BCUT2D eigenvalue weighted by molar-refractivity contribution is 9.10. The highest BCUT2D eigenvalue weighted by Gasteiger charge is 2.12. The summed E-state index contributed by atoms with van der Waals surface area (Å²) in [5.74, 6) is -0.208. The van der Waals surface area contributed by atoms with Crippen molar-refractivity contribution in [3.8, 4) is 11.3 Å². The summed E-state index contributed by atoms with van der Waals surface area (Å²) >= 11 is 3.41. The maximum Gasteiger partial charge on any atom is 0.273 e. The molecular formula is C17H14BrN3O. The van der Waals surface area contributed by atoms with Crippen LogP contribution < -0.4 is 5.32 Å². The first kappa shape index (κ1) is 14.5. The number of nitrogens with one attached hydrogen (secondary N) is 2. The summed E-state index contributed by atoms with van der Waals surface area (Å²) in [5.41, 5.74) is 3.92. The third kappa shape index (κ3) is 3.09. The molecular weight excluding hydrogens is 342 g/mol. The number of aromatic amines is 1. The highest BCUT2D eigenvalue weighted by Crippen LogP contribution is 2.21. The molecule has 0 saturated carbocycles. The third-order valence-corrected chi connectivity index (χ3v) is 3.82. The van der Waals surface area contributed by atoms with E-state index in [-0.39, 0.29) is 5.91 Å². The van der Waals surface area contributed by atoms with Crippen LogP contribution in [0.4, 0.5) is 5.69 Å². The largest absolute Gasteiger partial charge is 0.320 e. The van der Waals surface area contributed by atoms with Crippen LogP contribution in [0.5, 0.6) is 0 Å². The van der Waals surface area contributed by atoms with Crippen LogP contribution in [0.1, 0.15) is 16.1 Å². The molecule has 1 aromatic heterocycles. The Kier molecular flexibility index (Phi) is 4.06. The number of rotatable bonds is 3. The summed E-state index contributed by atoms with van der Waals surface area (Å²) in [6, 6.07) is 17.2. The molecule has 110 valence electrons. The van der Waals surface area contributed by atoms with Gasteiger partial charge in [-0.2, -0.15) is 5.10 Å². The number of anilines is 1. The van der Waals surface area contributed by atoms with Gasteiger partial charge in [0.15, 0.2) is 0 Å². The van der Waals surface area contributed by atoms with E-state index in [4.69, 9.17) is 0 Å². The van der Waals surface area contributed by atoms with Crippen LogP contribution in [0.2, 0.25) is 0 Å². The van der Waals surface area contributed by atoms with Crippen molar-refractivity contribution in [3.63, 3.8) is 0 Å². The second-order valence-corrected chi connectivity index (χ2v) is 5.86. The van der Waals surface area contributed by atoms with Gasteiger partial charge >= 0.3 is 0 Å². The van der Waals surface area contributed by atoms with Gasteiger partial charge in [0.25, 0.3) is 5.91 Å². The van der Waals surface area contributed by atoms with Crippen molar-refractivity contribution >= 4 is 27.5 Å². The van der Waals surface area contributed by atoms with E-state index < -0.39 is 0 Å². The second kappa shape index (κ2) is 6.15. The average Bonchev–Trinajstić information content (AvgIpc) is 3.01. The van der Waals surface area contributed by atoms with Gasteiger partial charge in [0.1, 0.15) is 5.69 Å². The van der Waals surface area contributed by atoms with Gasteiger partial charge in [-0.15, -0.1) is 0 Å². The Bertz CT molecular complexity index is 812. The maximum absolute atomic E-state index is 12.3. The molecule has 0 fully saturated rings. The molecule has 1 heterocycles. The minimum absolute atomic E-state index is 0.208. The lowest BCUT2D eigenvalue weighted by Gasteiger charge is -2.07. The SMILES string of the molecule is Cc1cc(Br)ccc1NC(=O)c1cc(-c2ccccc2)n[nH]1. The molecule has 0 unspecified atom stereocenters. The number of H-pyrrole nitrogens is 1. The van der Waals surface area contributed by atoms with Crippen LogP contribution >= 0.6 is 15.9 Å². The molecule has 0 saturated heterocycles. The topological polar surface area (TPSA) is 57.8 Å². The van der Waals surface area contributed by atoms with E-state index >= 15 is 0 Å². The molecule has 2 aromatic carbocycles. The average molecular weight is 356 g/mol. The summed E-state index contributed by atoms with van der Waals surface area (Å²) < 4.78 is 0.982. The van der Waals surface area contributed by atoms with E-state index in [1.807, 2.05) is 55.5 Å². The van der Waals surface area contributed by atoms with Crippen molar-refractivity contribution in [1.29, 1.82) is 0 Å². The van der Waals surface area contributed by atoms with Gasteiger partial charge in [0.2, 0.25) is 0 Å². The minimum atomic E-state index is -0.208. The van der Waals surface area contributed by atoms with Gasteiger partial charge in [-0.3, -0.25) is 9.89 Å². The number of carbonyl (C=O) groups is 1. The Balaban J connectivity index is 1.80. The Morgan fingerprint density at radius 3 is 2.64 bits per heavy atom. The Morgan fingerprint density at radius 1 is 1.14 bits per heavy atom. The smallest absolute Gasteiger partial charge is 0.273 e. The summed E-state index contributed by atoms with van der Waals surface area (Å²) in [5, 5.41) is 9.86. The van der Waals surface area contributed by atoms with Gasteiger partial charge in [-0.05, 0) is 36.8 Å². The zero-order chi connectivity index (χ0) is 15.5. The number of nitrogens with zero attached hydrogens (tertiary/aromatic N) is 1. The van der Waals surface area contributed by atoms with Gasteiger partial charge in [0, 0.05) is 15.7 Å². The third-order valence-electron chi connectivity index (χ3n) is 3.33. The van der Waals surface area contributed by atoms with Crippen LogP contribution in [0.25, 0.3) is 11.3 Å². The van der Waals surface area contributed by atoms with Gasteiger partial charge in [-0.1, -0.05) is 46.3 Å². The monoisotopic (exact) mass is 355 g/mol. The number of carbonyl (C=O) groups excluding carboxylic acids is 1. The molecule has 0 aliphatic heterocycles. The van der Waals surface area contributed by atoms with Crippen molar-refractivity contribution < 1.29 is 4.79 Å². The minimum Gasteiger partial charge on any atom is -0.320 e. The normalized spacial score (nSPS) is 10.5. The predicted octanol–water partition coefficient (Wildman–Crippen LogP) is 4.40. The lowest BCUT2D eigenvalue weighted by molar-refractivity contribution is 0.102. The van der Waals surface area contributed by atoms with E-state index in [0.717, 1.165) is 27.0 Å². The zero-order valence-electron chi connectivity index (χ0n) is 11.9. The molecule has 4 nitrogen and oxygen atoms in total. The Hall–Kier alpha value is -2.40. The van der Waals surface area contributed by atoms with E-state index in [2.05, 4.69) is 31.4 Å². The zero-order valence-corrected chi connectivity index (χ0v) is 13.5. The van der Waals surface area contributed by atoms with Crippen molar-refractivity contribution in [2.75, 3.05) is 5.32 Å². The quantitative estimate of drug-likeness (QED) is 0.731. The fourth-order valence-corrected chi connectivity index (χ4v) is 2.63. The number of benzene rings is 2. The van der Waals surface area contributed by atoms with Crippen LogP contribution in [-0.4, -0.2) is 16.1 Å². The first-order valence-electron chi connectivity index (χ1n) is 6.82. The molecule has 5 heteroatoms. The standard InChI is InChI=1S/C17H14BrN3O/c1-11-9-13(18)7-8-14(11)19-17(22)16-10-15(20-21-16)12-5-3-2-4-6-12/h2-10H,1H3,(H,19,22)(H,20,21). The van der Waals surface area contributed by atoms with Gasteiger partial charge in [0.05, 0.1) is 5.69 Å². The molecule has 0 aliphatic rings. The van der Waals surface area contributed by atoms with Crippen LogP contribution in [0, 0.1) is 6.92 Å². The maximum atomic E-state index is 12.3. The second-order valence-electron chi connectivity index (χ2n) is 4.95. The van der Waals surface area contributed by atoms with Gasteiger partial charge in [-0.25, -0.2) is 0 Å². The molecule has 3 rings (SSSR count). The molecule has 0 atom stereocenters. The van der Waals surface area contributed by atoms with Crippen LogP contribution in [0.15, 0.2) is 59.1 Å². The number of hydrogen-bond acceptors (Lipinski definition) is 2. The fourth-order valence-electron chi connectivity index (χ4n) is 2.15. The van der Waals surface area contributed by atoms with E-state index in [9.17, 15) is 4.79 Å². The summed E-state index contributed by atoms with van der Waals surface area (Å²) in [4.78, 5) is 12.3. The lowest BCUT2D eigenvalue weighted by Crippen LogP contribution is -2.13. The fraction of sp³-hybridized carbons (Fsp3) is 0.0588. The molecule has 0 spiro atoms. The number of hydrogen-bond donors (Lipinski definition) is 2. The molecule has 22 heavy (non-hydrogen) atoms.